The summed E-state index contributed by atoms with van der Waals surface area (Å²) in [6.07, 6.45) is 5.50. The number of benzene rings is 2. The molecule has 6 nitrogen and oxygen atoms in total. The normalized spacial score (nSPS) is 13.6. The predicted molar refractivity (Wildman–Crippen MR) is 123 cm³/mol. The van der Waals surface area contributed by atoms with E-state index in [1.807, 2.05) is 31.2 Å². The Labute approximate surface area is 187 Å². The molecule has 2 aromatic rings. The van der Waals surface area contributed by atoms with Crippen LogP contribution < -0.4 is 19.7 Å². The first-order chi connectivity index (χ1) is 15.0. The summed E-state index contributed by atoms with van der Waals surface area (Å²) in [6.45, 7) is 3.72. The van der Waals surface area contributed by atoms with Crippen molar-refractivity contribution < 1.29 is 19.1 Å². The minimum absolute atomic E-state index is 0.160. The number of anilines is 1. The van der Waals surface area contributed by atoms with Gasteiger partial charge in [-0.15, -0.1) is 0 Å². The van der Waals surface area contributed by atoms with Gasteiger partial charge in [-0.25, -0.2) is 0 Å². The van der Waals surface area contributed by atoms with Gasteiger partial charge in [-0.05, 0) is 54.3 Å². The van der Waals surface area contributed by atoms with Crippen molar-refractivity contribution in [3.63, 3.8) is 0 Å². The van der Waals surface area contributed by atoms with E-state index in [1.165, 1.54) is 6.08 Å². The third-order valence-electron chi connectivity index (χ3n) is 4.92. The van der Waals surface area contributed by atoms with Crippen molar-refractivity contribution in [3.05, 3.63) is 58.6 Å². The van der Waals surface area contributed by atoms with Crippen molar-refractivity contribution in [2.75, 3.05) is 25.2 Å². The minimum Gasteiger partial charge on any atom is -0.493 e. The number of nitrogens with zero attached hydrogens (tertiary/aromatic N) is 1. The Kier molecular flexibility index (Phi) is 7.95. The van der Waals surface area contributed by atoms with Crippen molar-refractivity contribution in [3.8, 4) is 11.5 Å². The zero-order valence-corrected chi connectivity index (χ0v) is 18.6. The van der Waals surface area contributed by atoms with Crippen LogP contribution in [-0.2, 0) is 16.1 Å². The van der Waals surface area contributed by atoms with Crippen LogP contribution >= 0.6 is 11.6 Å². The highest BCUT2D eigenvalue weighted by atomic mass is 35.5. The first-order valence-corrected chi connectivity index (χ1v) is 10.7. The van der Waals surface area contributed by atoms with Crippen LogP contribution in [0.4, 0.5) is 5.69 Å². The van der Waals surface area contributed by atoms with Gasteiger partial charge < -0.3 is 19.7 Å². The molecule has 0 atom stereocenters. The van der Waals surface area contributed by atoms with Gasteiger partial charge in [0.25, 0.3) is 0 Å². The maximum atomic E-state index is 12.2. The van der Waals surface area contributed by atoms with Crippen LogP contribution in [0.2, 0.25) is 5.02 Å². The van der Waals surface area contributed by atoms with Crippen LogP contribution in [0.25, 0.3) is 6.08 Å². The minimum atomic E-state index is -0.222. The fourth-order valence-electron chi connectivity index (χ4n) is 3.32. The second kappa shape index (κ2) is 10.9. The summed E-state index contributed by atoms with van der Waals surface area (Å²) < 4.78 is 11.0. The van der Waals surface area contributed by atoms with Crippen LogP contribution in [0.1, 0.15) is 37.3 Å². The number of carbonyl (C=O) groups is 2. The van der Waals surface area contributed by atoms with Crippen molar-refractivity contribution in [1.82, 2.24) is 5.32 Å². The Morgan fingerprint density at radius 3 is 2.68 bits per heavy atom. The van der Waals surface area contributed by atoms with E-state index in [0.29, 0.717) is 36.1 Å². The highest BCUT2D eigenvalue weighted by Gasteiger charge is 2.21. The fraction of sp³-hybridized carbons (Fsp3) is 0.333. The molecule has 0 aliphatic carbocycles. The molecular weight excluding hydrogens is 416 g/mol. The lowest BCUT2D eigenvalue weighted by atomic mass is 10.1. The molecule has 3 rings (SSSR count). The molecule has 2 amide bonds. The smallest absolute Gasteiger partial charge is 0.244 e. The van der Waals surface area contributed by atoms with E-state index in [1.54, 1.807) is 30.2 Å². The Morgan fingerprint density at radius 2 is 2.03 bits per heavy atom. The molecule has 1 aliphatic rings. The molecule has 31 heavy (non-hydrogen) atoms. The molecule has 1 saturated heterocycles. The van der Waals surface area contributed by atoms with E-state index < -0.39 is 0 Å². The Bertz CT molecular complexity index is 957. The molecule has 1 aliphatic heterocycles. The van der Waals surface area contributed by atoms with Crippen molar-refractivity contribution in [2.45, 2.75) is 32.7 Å². The molecular formula is C24H27ClN2O4. The van der Waals surface area contributed by atoms with E-state index in [4.69, 9.17) is 21.1 Å². The lowest BCUT2D eigenvalue weighted by Crippen LogP contribution is -2.23. The maximum absolute atomic E-state index is 12.2. The van der Waals surface area contributed by atoms with Gasteiger partial charge in [-0.2, -0.15) is 0 Å². The molecule has 0 unspecified atom stereocenters. The molecule has 0 aromatic heterocycles. The zero-order valence-electron chi connectivity index (χ0n) is 17.8. The zero-order chi connectivity index (χ0) is 22.2. The number of nitrogens with one attached hydrogen (secondary N) is 1. The highest BCUT2D eigenvalue weighted by molar-refractivity contribution is 6.32. The maximum Gasteiger partial charge on any atom is 0.244 e. The Morgan fingerprint density at radius 1 is 1.26 bits per heavy atom. The lowest BCUT2D eigenvalue weighted by molar-refractivity contribution is -0.117. The van der Waals surface area contributed by atoms with Gasteiger partial charge in [0.2, 0.25) is 11.8 Å². The molecule has 0 bridgehead atoms. The first-order valence-electron chi connectivity index (χ1n) is 10.4. The number of rotatable bonds is 9. The molecule has 0 saturated carbocycles. The monoisotopic (exact) mass is 442 g/mol. The molecule has 0 radical (unpaired) electrons. The Balaban J connectivity index is 1.57. The van der Waals surface area contributed by atoms with Crippen LogP contribution in [0.3, 0.4) is 0 Å². The quantitative estimate of drug-likeness (QED) is 0.576. The van der Waals surface area contributed by atoms with Gasteiger partial charge in [-0.3, -0.25) is 9.59 Å². The molecule has 0 spiro atoms. The van der Waals surface area contributed by atoms with Gasteiger partial charge in [0.15, 0.2) is 11.5 Å². The van der Waals surface area contributed by atoms with Crippen LogP contribution in [-0.4, -0.2) is 32.1 Å². The van der Waals surface area contributed by atoms with Crippen molar-refractivity contribution in [1.29, 1.82) is 0 Å². The molecule has 2 aromatic carbocycles. The summed E-state index contributed by atoms with van der Waals surface area (Å²) in [7, 11) is 1.55. The van der Waals surface area contributed by atoms with E-state index in [0.717, 1.165) is 36.2 Å². The van der Waals surface area contributed by atoms with E-state index in [9.17, 15) is 9.59 Å². The second-order valence-electron chi connectivity index (χ2n) is 7.25. The number of methoxy groups -OCH3 is 1. The van der Waals surface area contributed by atoms with Gasteiger partial charge in [0.05, 0.1) is 18.7 Å². The number of amides is 2. The van der Waals surface area contributed by atoms with Gasteiger partial charge >= 0.3 is 0 Å². The summed E-state index contributed by atoms with van der Waals surface area (Å²) in [6, 6.07) is 11.2. The molecule has 164 valence electrons. The first kappa shape index (κ1) is 22.7. The standard InChI is InChI=1S/C24H27ClN2O4/c1-3-13-31-24-20(25)14-18(15-21(24)30-2)8-11-22(28)26-16-17-6-9-19(10-7-17)27-12-4-5-23(27)29/h6-11,14-15H,3-5,12-13,16H2,1-2H3,(H,26,28)/b11-8+. The number of halogens is 1. The summed E-state index contributed by atoms with van der Waals surface area (Å²) in [4.78, 5) is 25.8. The van der Waals surface area contributed by atoms with Gasteiger partial charge in [-0.1, -0.05) is 30.7 Å². The summed E-state index contributed by atoms with van der Waals surface area (Å²) in [5, 5.41) is 3.29. The topological polar surface area (TPSA) is 67.9 Å². The van der Waals surface area contributed by atoms with Gasteiger partial charge in [0, 0.05) is 31.3 Å². The van der Waals surface area contributed by atoms with E-state index in [2.05, 4.69) is 5.32 Å². The van der Waals surface area contributed by atoms with Gasteiger partial charge in [0.1, 0.15) is 0 Å². The number of hydrogen-bond acceptors (Lipinski definition) is 4. The van der Waals surface area contributed by atoms with Crippen LogP contribution in [0.5, 0.6) is 11.5 Å². The molecule has 7 heteroatoms. The van der Waals surface area contributed by atoms with Crippen molar-refractivity contribution in [2.24, 2.45) is 0 Å². The Hall–Kier alpha value is -2.99. The average molecular weight is 443 g/mol. The summed E-state index contributed by atoms with van der Waals surface area (Å²) in [5.74, 6) is 0.970. The molecule has 1 fully saturated rings. The van der Waals surface area contributed by atoms with Crippen LogP contribution in [0, 0.1) is 0 Å². The number of ether oxygens (including phenoxy) is 2. The molecule has 1 N–H and O–H groups in total. The fourth-order valence-corrected chi connectivity index (χ4v) is 3.59. The third kappa shape index (κ3) is 6.01. The van der Waals surface area contributed by atoms with Crippen LogP contribution in [0.15, 0.2) is 42.5 Å². The summed E-state index contributed by atoms with van der Waals surface area (Å²) >= 11 is 6.31. The third-order valence-corrected chi connectivity index (χ3v) is 5.20. The number of carbonyl (C=O) groups excluding carboxylic acids is 2. The second-order valence-corrected chi connectivity index (χ2v) is 7.66. The average Bonchev–Trinajstić information content (AvgIpc) is 3.21. The highest BCUT2D eigenvalue weighted by Crippen LogP contribution is 2.36. The van der Waals surface area contributed by atoms with Crippen molar-refractivity contribution >= 4 is 35.2 Å². The number of hydrogen-bond donors (Lipinski definition) is 1. The lowest BCUT2D eigenvalue weighted by Gasteiger charge is -2.16. The predicted octanol–water partition coefficient (Wildman–Crippen LogP) is 4.59. The summed E-state index contributed by atoms with van der Waals surface area (Å²) in [5.41, 5.74) is 2.59. The van der Waals surface area contributed by atoms with E-state index >= 15 is 0 Å². The molecule has 1 heterocycles. The SMILES string of the molecule is CCCOc1c(Cl)cc(/C=C/C(=O)NCc2ccc(N3CCCC3=O)cc2)cc1OC. The van der Waals surface area contributed by atoms with E-state index in [-0.39, 0.29) is 11.8 Å². The largest absolute Gasteiger partial charge is 0.493 e.